The van der Waals surface area contributed by atoms with Gasteiger partial charge in [0.15, 0.2) is 0 Å². The maximum absolute atomic E-state index is 9.23. The summed E-state index contributed by atoms with van der Waals surface area (Å²) in [6, 6.07) is 5.07. The topological polar surface area (TPSA) is 41.5 Å². The van der Waals surface area contributed by atoms with E-state index in [4.69, 9.17) is 4.74 Å². The molecule has 1 rings (SSSR count). The molecular formula is C9H13NO2. The summed E-state index contributed by atoms with van der Waals surface area (Å²) in [4.78, 5) is 0. The summed E-state index contributed by atoms with van der Waals surface area (Å²) in [7, 11) is 1.57. The van der Waals surface area contributed by atoms with Crippen molar-refractivity contribution in [2.24, 2.45) is 0 Å². The van der Waals surface area contributed by atoms with Crippen LogP contribution in [-0.2, 0) is 0 Å². The van der Waals surface area contributed by atoms with Crippen LogP contribution in [0, 0.1) is 0 Å². The van der Waals surface area contributed by atoms with E-state index in [1.165, 1.54) is 0 Å². The van der Waals surface area contributed by atoms with Crippen LogP contribution in [0.1, 0.15) is 6.92 Å². The number of rotatable bonds is 3. The van der Waals surface area contributed by atoms with Crippen LogP contribution >= 0.6 is 0 Å². The molecule has 0 aliphatic rings. The van der Waals surface area contributed by atoms with Crippen LogP contribution in [0.3, 0.4) is 0 Å². The van der Waals surface area contributed by atoms with Gasteiger partial charge in [-0.25, -0.2) is 0 Å². The van der Waals surface area contributed by atoms with E-state index in [1.54, 1.807) is 19.2 Å². The summed E-state index contributed by atoms with van der Waals surface area (Å²) in [6.07, 6.45) is 0. The van der Waals surface area contributed by atoms with Crippen molar-refractivity contribution < 1.29 is 9.84 Å². The molecule has 0 unspecified atom stereocenters. The Morgan fingerprint density at radius 1 is 1.42 bits per heavy atom. The van der Waals surface area contributed by atoms with E-state index >= 15 is 0 Å². The first kappa shape index (κ1) is 8.71. The van der Waals surface area contributed by atoms with Crippen LogP contribution in [0.15, 0.2) is 18.2 Å². The number of nitrogens with one attached hydrogen (secondary N) is 1. The molecule has 0 aliphatic heterocycles. The standard InChI is InChI=1S/C9H13NO2/c1-3-10-7-4-8(11)6-9(5-7)12-2/h4-6,10-11H,3H2,1-2H3. The van der Waals surface area contributed by atoms with Gasteiger partial charge in [-0.05, 0) is 6.92 Å². The van der Waals surface area contributed by atoms with Gasteiger partial charge in [-0.2, -0.15) is 0 Å². The number of hydrogen-bond acceptors (Lipinski definition) is 3. The number of anilines is 1. The highest BCUT2D eigenvalue weighted by molar-refractivity contribution is 5.53. The molecule has 3 heteroatoms. The summed E-state index contributed by atoms with van der Waals surface area (Å²) >= 11 is 0. The monoisotopic (exact) mass is 167 g/mol. The maximum atomic E-state index is 9.23. The lowest BCUT2D eigenvalue weighted by atomic mass is 10.3. The fraction of sp³-hybridized carbons (Fsp3) is 0.333. The minimum atomic E-state index is 0.213. The molecule has 12 heavy (non-hydrogen) atoms. The Bertz CT molecular complexity index is 261. The van der Waals surface area contributed by atoms with Crippen LogP contribution in [0.5, 0.6) is 11.5 Å². The molecule has 66 valence electrons. The molecule has 1 aromatic carbocycles. The van der Waals surface area contributed by atoms with Crippen LogP contribution in [-0.4, -0.2) is 18.8 Å². The molecular weight excluding hydrogens is 154 g/mol. The summed E-state index contributed by atoms with van der Waals surface area (Å²) in [5.41, 5.74) is 0.870. The molecule has 0 heterocycles. The van der Waals surface area contributed by atoms with Gasteiger partial charge in [0.25, 0.3) is 0 Å². The fourth-order valence-corrected chi connectivity index (χ4v) is 1.01. The Hall–Kier alpha value is -1.38. The highest BCUT2D eigenvalue weighted by Crippen LogP contribution is 2.24. The van der Waals surface area contributed by atoms with Crippen molar-refractivity contribution in [3.8, 4) is 11.5 Å². The highest BCUT2D eigenvalue weighted by atomic mass is 16.5. The van der Waals surface area contributed by atoms with Crippen LogP contribution in [0.25, 0.3) is 0 Å². The van der Waals surface area contributed by atoms with Gasteiger partial charge in [-0.3, -0.25) is 0 Å². The Morgan fingerprint density at radius 2 is 2.17 bits per heavy atom. The molecule has 0 aromatic heterocycles. The molecule has 0 saturated heterocycles. The van der Waals surface area contributed by atoms with E-state index in [9.17, 15) is 5.11 Å². The van der Waals surface area contributed by atoms with E-state index in [0.717, 1.165) is 12.2 Å². The summed E-state index contributed by atoms with van der Waals surface area (Å²) < 4.78 is 4.98. The van der Waals surface area contributed by atoms with Crippen LogP contribution < -0.4 is 10.1 Å². The summed E-state index contributed by atoms with van der Waals surface area (Å²) in [5.74, 6) is 0.872. The number of phenolic OH excluding ortho intramolecular Hbond substituents is 1. The first-order valence-electron chi connectivity index (χ1n) is 3.88. The molecule has 0 spiro atoms. The summed E-state index contributed by atoms with van der Waals surface area (Å²) in [5, 5.41) is 12.3. The van der Waals surface area contributed by atoms with Gasteiger partial charge in [-0.1, -0.05) is 0 Å². The van der Waals surface area contributed by atoms with E-state index in [-0.39, 0.29) is 5.75 Å². The molecule has 3 nitrogen and oxygen atoms in total. The third-order valence-electron chi connectivity index (χ3n) is 1.51. The molecule has 0 bridgehead atoms. The third-order valence-corrected chi connectivity index (χ3v) is 1.51. The number of phenols is 1. The second-order valence-corrected chi connectivity index (χ2v) is 2.45. The Labute approximate surface area is 72.0 Å². The molecule has 0 amide bonds. The van der Waals surface area contributed by atoms with E-state index in [1.807, 2.05) is 13.0 Å². The van der Waals surface area contributed by atoms with Crippen molar-refractivity contribution >= 4 is 5.69 Å². The first-order valence-corrected chi connectivity index (χ1v) is 3.88. The predicted molar refractivity (Wildman–Crippen MR) is 48.8 cm³/mol. The minimum Gasteiger partial charge on any atom is -0.508 e. The lowest BCUT2D eigenvalue weighted by Gasteiger charge is -2.06. The highest BCUT2D eigenvalue weighted by Gasteiger charge is 1.97. The van der Waals surface area contributed by atoms with Crippen molar-refractivity contribution in [1.29, 1.82) is 0 Å². The molecule has 1 aromatic rings. The Balaban J connectivity index is 2.90. The average Bonchev–Trinajstić information content (AvgIpc) is 2.04. The van der Waals surface area contributed by atoms with Crippen molar-refractivity contribution in [2.45, 2.75) is 6.92 Å². The van der Waals surface area contributed by atoms with Gasteiger partial charge in [-0.15, -0.1) is 0 Å². The number of benzene rings is 1. The van der Waals surface area contributed by atoms with E-state index in [2.05, 4.69) is 5.32 Å². The van der Waals surface area contributed by atoms with Gasteiger partial charge in [0.1, 0.15) is 11.5 Å². The zero-order chi connectivity index (χ0) is 8.97. The number of methoxy groups -OCH3 is 1. The van der Waals surface area contributed by atoms with Crippen LogP contribution in [0.2, 0.25) is 0 Å². The van der Waals surface area contributed by atoms with E-state index < -0.39 is 0 Å². The lowest BCUT2D eigenvalue weighted by Crippen LogP contribution is -1.96. The lowest BCUT2D eigenvalue weighted by molar-refractivity contribution is 0.408. The SMILES string of the molecule is CCNc1cc(O)cc(OC)c1. The molecule has 0 aliphatic carbocycles. The fourth-order valence-electron chi connectivity index (χ4n) is 1.01. The number of hydrogen-bond donors (Lipinski definition) is 2. The zero-order valence-electron chi connectivity index (χ0n) is 7.29. The Morgan fingerprint density at radius 3 is 2.75 bits per heavy atom. The van der Waals surface area contributed by atoms with Crippen molar-refractivity contribution in [2.75, 3.05) is 19.0 Å². The molecule has 0 saturated carbocycles. The second kappa shape index (κ2) is 3.85. The van der Waals surface area contributed by atoms with Gasteiger partial charge in [0.05, 0.1) is 7.11 Å². The predicted octanol–water partition coefficient (Wildman–Crippen LogP) is 1.83. The molecule has 2 N–H and O–H groups in total. The maximum Gasteiger partial charge on any atom is 0.124 e. The Kier molecular flexibility index (Phi) is 2.80. The number of aromatic hydroxyl groups is 1. The van der Waals surface area contributed by atoms with Crippen molar-refractivity contribution in [3.63, 3.8) is 0 Å². The largest absolute Gasteiger partial charge is 0.508 e. The normalized spacial score (nSPS) is 9.50. The number of ether oxygens (including phenoxy) is 1. The quantitative estimate of drug-likeness (QED) is 0.721. The summed E-state index contributed by atoms with van der Waals surface area (Å²) in [6.45, 7) is 2.82. The zero-order valence-corrected chi connectivity index (χ0v) is 7.29. The van der Waals surface area contributed by atoms with Crippen LogP contribution in [0.4, 0.5) is 5.69 Å². The second-order valence-electron chi connectivity index (χ2n) is 2.45. The first-order chi connectivity index (χ1) is 5.76. The van der Waals surface area contributed by atoms with Gasteiger partial charge < -0.3 is 15.2 Å². The minimum absolute atomic E-state index is 0.213. The average molecular weight is 167 g/mol. The smallest absolute Gasteiger partial charge is 0.124 e. The van der Waals surface area contributed by atoms with E-state index in [0.29, 0.717) is 5.75 Å². The van der Waals surface area contributed by atoms with Crippen molar-refractivity contribution in [1.82, 2.24) is 0 Å². The van der Waals surface area contributed by atoms with Gasteiger partial charge in [0.2, 0.25) is 0 Å². The molecule has 0 fully saturated rings. The third kappa shape index (κ3) is 2.05. The molecule has 0 atom stereocenters. The van der Waals surface area contributed by atoms with Gasteiger partial charge >= 0.3 is 0 Å². The van der Waals surface area contributed by atoms with Crippen molar-refractivity contribution in [3.05, 3.63) is 18.2 Å². The van der Waals surface area contributed by atoms with Gasteiger partial charge in [0, 0.05) is 30.4 Å². The molecule has 0 radical (unpaired) electrons.